The lowest BCUT2D eigenvalue weighted by molar-refractivity contribution is -0.113. The van der Waals surface area contributed by atoms with Gasteiger partial charge in [-0.15, -0.1) is 21.5 Å². The number of nitrogens with one attached hydrogen (secondary N) is 1. The quantitative estimate of drug-likeness (QED) is 0.508. The largest absolute Gasteiger partial charge is 0.365 e. The second-order valence-corrected chi connectivity index (χ2v) is 10.6. The van der Waals surface area contributed by atoms with Crippen LogP contribution in [0.2, 0.25) is 0 Å². The number of rotatable bonds is 7. The fourth-order valence-corrected chi connectivity index (χ4v) is 6.38. The number of fused-ring (bicyclic) bond motifs is 1. The molecular formula is C23H25N5O2S2. The minimum Gasteiger partial charge on any atom is -0.365 e. The highest BCUT2D eigenvalue weighted by molar-refractivity contribution is 7.99. The van der Waals surface area contributed by atoms with Crippen LogP contribution >= 0.6 is 23.1 Å². The van der Waals surface area contributed by atoms with E-state index < -0.39 is 5.91 Å². The number of aromatic nitrogens is 3. The number of nitrogens with zero attached hydrogens (tertiary/aromatic N) is 3. The number of benzene rings is 1. The van der Waals surface area contributed by atoms with Crippen LogP contribution in [-0.4, -0.2) is 32.3 Å². The number of primary amides is 1. The molecule has 1 saturated carbocycles. The van der Waals surface area contributed by atoms with E-state index in [0.717, 1.165) is 49.2 Å². The molecule has 2 amide bonds. The van der Waals surface area contributed by atoms with Crippen LogP contribution in [-0.2, 0) is 17.6 Å². The summed E-state index contributed by atoms with van der Waals surface area (Å²) in [6, 6.07) is 9.99. The number of para-hydroxylation sites is 1. The van der Waals surface area contributed by atoms with Gasteiger partial charge in [0.05, 0.1) is 11.3 Å². The molecule has 32 heavy (non-hydrogen) atoms. The van der Waals surface area contributed by atoms with Gasteiger partial charge in [0.1, 0.15) is 10.8 Å². The summed E-state index contributed by atoms with van der Waals surface area (Å²) >= 11 is 2.84. The monoisotopic (exact) mass is 467 g/mol. The summed E-state index contributed by atoms with van der Waals surface area (Å²) in [5.41, 5.74) is 8.17. The molecule has 0 saturated heterocycles. The van der Waals surface area contributed by atoms with Gasteiger partial charge in [-0.3, -0.25) is 14.2 Å². The molecule has 2 heterocycles. The first-order valence-electron chi connectivity index (χ1n) is 10.9. The Morgan fingerprint density at radius 1 is 1.22 bits per heavy atom. The number of thioether (sulfide) groups is 1. The zero-order valence-corrected chi connectivity index (χ0v) is 19.5. The average Bonchev–Trinajstić information content (AvgIpc) is 3.43. The fraction of sp³-hybridized carbons (Fsp3) is 0.391. The number of hydrogen-bond acceptors (Lipinski definition) is 6. The summed E-state index contributed by atoms with van der Waals surface area (Å²) in [4.78, 5) is 26.1. The van der Waals surface area contributed by atoms with Crippen molar-refractivity contribution >= 4 is 39.9 Å². The lowest BCUT2D eigenvalue weighted by Crippen LogP contribution is -2.20. The first-order chi connectivity index (χ1) is 15.5. The summed E-state index contributed by atoms with van der Waals surface area (Å²) < 4.78 is 2.05. The first kappa shape index (κ1) is 21.2. The molecule has 2 aliphatic rings. The van der Waals surface area contributed by atoms with Crippen LogP contribution in [0.1, 0.15) is 58.7 Å². The van der Waals surface area contributed by atoms with E-state index in [0.29, 0.717) is 27.6 Å². The summed E-state index contributed by atoms with van der Waals surface area (Å²) in [6.07, 6.45) is 5.03. The molecule has 0 aliphatic heterocycles. The van der Waals surface area contributed by atoms with E-state index in [2.05, 4.69) is 27.0 Å². The van der Waals surface area contributed by atoms with Crippen molar-refractivity contribution < 1.29 is 9.59 Å². The van der Waals surface area contributed by atoms with E-state index in [9.17, 15) is 9.59 Å². The van der Waals surface area contributed by atoms with Gasteiger partial charge < -0.3 is 11.1 Å². The highest BCUT2D eigenvalue weighted by Gasteiger charge is 2.31. The number of carbonyl (C=O) groups is 2. The van der Waals surface area contributed by atoms with Crippen molar-refractivity contribution in [2.75, 3.05) is 11.1 Å². The molecule has 1 atom stereocenters. The van der Waals surface area contributed by atoms with Crippen molar-refractivity contribution in [2.24, 2.45) is 11.7 Å². The van der Waals surface area contributed by atoms with Gasteiger partial charge >= 0.3 is 0 Å². The standard InChI is InChI=1S/C23H25N5O2S2/c1-13-7-10-16-17(11-13)32-22(19(16)20(24)30)25-18(29)12-31-23-27-26-21(14-8-9-14)28(23)15-5-3-2-4-6-15/h2-6,13-14H,7-12H2,1H3,(H2,24,30)(H,25,29)/t13-/m1/s1. The third-order valence-corrected chi connectivity index (χ3v) is 8.06. The lowest BCUT2D eigenvalue weighted by Gasteiger charge is -2.18. The van der Waals surface area contributed by atoms with E-state index in [-0.39, 0.29) is 11.7 Å². The molecule has 2 aliphatic carbocycles. The van der Waals surface area contributed by atoms with Gasteiger partial charge in [-0.25, -0.2) is 0 Å². The Bertz CT molecular complexity index is 1170. The Morgan fingerprint density at radius 2 is 2.00 bits per heavy atom. The fourth-order valence-electron chi connectivity index (χ4n) is 4.19. The number of hydrogen-bond donors (Lipinski definition) is 2. The van der Waals surface area contributed by atoms with E-state index in [1.54, 1.807) is 0 Å². The third-order valence-electron chi connectivity index (χ3n) is 5.96. The van der Waals surface area contributed by atoms with Gasteiger partial charge in [0.15, 0.2) is 5.16 Å². The molecule has 0 unspecified atom stereocenters. The minimum atomic E-state index is -0.474. The lowest BCUT2D eigenvalue weighted by atomic mass is 9.88. The second-order valence-electron chi connectivity index (χ2n) is 8.54. The van der Waals surface area contributed by atoms with Crippen LogP contribution in [0, 0.1) is 5.92 Å². The Balaban J connectivity index is 1.33. The van der Waals surface area contributed by atoms with Crippen LogP contribution in [0.5, 0.6) is 0 Å². The Labute approximate surface area is 194 Å². The van der Waals surface area contributed by atoms with Crippen LogP contribution in [0.25, 0.3) is 5.69 Å². The van der Waals surface area contributed by atoms with Gasteiger partial charge in [0.25, 0.3) is 5.91 Å². The molecule has 9 heteroatoms. The van der Waals surface area contributed by atoms with Crippen LogP contribution < -0.4 is 11.1 Å². The predicted molar refractivity (Wildman–Crippen MR) is 127 cm³/mol. The maximum atomic E-state index is 12.8. The number of carbonyl (C=O) groups excluding carboxylic acids is 2. The summed E-state index contributed by atoms with van der Waals surface area (Å²) in [5, 5.41) is 13.0. The predicted octanol–water partition coefficient (Wildman–Crippen LogP) is 4.16. The number of nitrogens with two attached hydrogens (primary N) is 1. The van der Waals surface area contributed by atoms with Gasteiger partial charge in [-0.1, -0.05) is 36.9 Å². The van der Waals surface area contributed by atoms with Gasteiger partial charge in [-0.2, -0.15) is 0 Å². The highest BCUT2D eigenvalue weighted by Crippen LogP contribution is 2.41. The SMILES string of the molecule is C[C@@H]1CCc2c(sc(NC(=O)CSc3nnc(C4CC4)n3-c3ccccc3)c2C(N)=O)C1. The summed E-state index contributed by atoms with van der Waals surface area (Å²) in [5.74, 6) is 1.48. The molecule has 0 spiro atoms. The minimum absolute atomic E-state index is 0.173. The van der Waals surface area contributed by atoms with E-state index in [1.165, 1.54) is 28.0 Å². The van der Waals surface area contributed by atoms with Gasteiger partial charge in [-0.05, 0) is 55.7 Å². The molecule has 0 radical (unpaired) electrons. The summed E-state index contributed by atoms with van der Waals surface area (Å²) in [7, 11) is 0. The molecule has 5 rings (SSSR count). The number of amides is 2. The van der Waals surface area contributed by atoms with Crippen molar-refractivity contribution in [1.82, 2.24) is 14.8 Å². The molecule has 1 fully saturated rings. The zero-order valence-electron chi connectivity index (χ0n) is 17.8. The van der Waals surface area contributed by atoms with E-state index in [4.69, 9.17) is 5.73 Å². The highest BCUT2D eigenvalue weighted by atomic mass is 32.2. The second kappa shape index (κ2) is 8.71. The molecule has 1 aromatic carbocycles. The normalized spacial score (nSPS) is 17.7. The molecule has 2 aromatic heterocycles. The first-order valence-corrected chi connectivity index (χ1v) is 12.7. The average molecular weight is 468 g/mol. The van der Waals surface area contributed by atoms with Gasteiger partial charge in [0.2, 0.25) is 5.91 Å². The maximum absolute atomic E-state index is 12.8. The molecule has 166 valence electrons. The number of thiophene rings is 1. The zero-order chi connectivity index (χ0) is 22.2. The molecule has 0 bridgehead atoms. The number of anilines is 1. The van der Waals surface area contributed by atoms with Crippen molar-refractivity contribution in [3.8, 4) is 5.69 Å². The molecular weight excluding hydrogens is 442 g/mol. The molecule has 7 nitrogen and oxygen atoms in total. The molecule has 3 aromatic rings. The Hall–Kier alpha value is -2.65. The van der Waals surface area contributed by atoms with E-state index in [1.807, 2.05) is 30.3 Å². The van der Waals surface area contributed by atoms with Crippen LogP contribution in [0.3, 0.4) is 0 Å². The van der Waals surface area contributed by atoms with Crippen molar-refractivity contribution in [2.45, 2.75) is 50.1 Å². The van der Waals surface area contributed by atoms with Crippen molar-refractivity contribution in [1.29, 1.82) is 0 Å². The van der Waals surface area contributed by atoms with Crippen molar-refractivity contribution in [3.63, 3.8) is 0 Å². The molecule has 3 N–H and O–H groups in total. The smallest absolute Gasteiger partial charge is 0.251 e. The maximum Gasteiger partial charge on any atom is 0.251 e. The van der Waals surface area contributed by atoms with Gasteiger partial charge in [0, 0.05) is 16.5 Å². The van der Waals surface area contributed by atoms with Crippen LogP contribution in [0.15, 0.2) is 35.5 Å². The Kier molecular flexibility index (Phi) is 5.77. The topological polar surface area (TPSA) is 103 Å². The van der Waals surface area contributed by atoms with Crippen LogP contribution in [0.4, 0.5) is 5.00 Å². The summed E-state index contributed by atoms with van der Waals surface area (Å²) in [6.45, 7) is 2.21. The Morgan fingerprint density at radius 3 is 2.72 bits per heavy atom. The van der Waals surface area contributed by atoms with E-state index >= 15 is 0 Å². The van der Waals surface area contributed by atoms with Crippen molar-refractivity contribution in [3.05, 3.63) is 52.2 Å². The third kappa shape index (κ3) is 4.19.